The van der Waals surface area contributed by atoms with Crippen LogP contribution in [-0.2, 0) is 27.4 Å². The van der Waals surface area contributed by atoms with Crippen LogP contribution in [0.25, 0.3) is 0 Å². The Kier molecular flexibility index (Phi) is 8.75. The number of carbonyl (C=O) groups is 3. The quantitative estimate of drug-likeness (QED) is 0.520. The molecule has 38 heavy (non-hydrogen) atoms. The molecule has 2 aromatic rings. The van der Waals surface area contributed by atoms with Crippen LogP contribution in [0.2, 0.25) is 0 Å². The zero-order valence-corrected chi connectivity index (χ0v) is 23.7. The first-order valence-electron chi connectivity index (χ1n) is 13.0. The molecule has 0 bridgehead atoms. The molecule has 0 spiro atoms. The average molecular weight is 524 g/mol. The van der Waals surface area contributed by atoms with Crippen LogP contribution in [0.1, 0.15) is 59.6 Å². The molecule has 0 aromatic heterocycles. The van der Waals surface area contributed by atoms with Gasteiger partial charge in [0.1, 0.15) is 16.7 Å². The van der Waals surface area contributed by atoms with Crippen LogP contribution in [0.4, 0.5) is 9.59 Å². The third-order valence-electron chi connectivity index (χ3n) is 6.13. The highest BCUT2D eigenvalue weighted by atomic mass is 16.6. The fraction of sp³-hybridized carbons (Fsp3) is 0.500. The summed E-state index contributed by atoms with van der Waals surface area (Å²) in [5.74, 6) is -0.274. The van der Waals surface area contributed by atoms with Crippen molar-refractivity contribution in [3.8, 4) is 0 Å². The number of ether oxygens (including phenoxy) is 2. The molecule has 206 valence electrons. The molecular weight excluding hydrogens is 482 g/mol. The van der Waals surface area contributed by atoms with E-state index >= 15 is 0 Å². The second-order valence-corrected chi connectivity index (χ2v) is 11.9. The van der Waals surface area contributed by atoms with Crippen molar-refractivity contribution in [2.75, 3.05) is 19.6 Å². The molecule has 1 aliphatic heterocycles. The second kappa shape index (κ2) is 11.5. The lowest BCUT2D eigenvalue weighted by molar-refractivity contribution is -0.148. The third kappa shape index (κ3) is 7.73. The molecule has 0 aliphatic carbocycles. The molecule has 1 unspecified atom stereocenters. The summed E-state index contributed by atoms with van der Waals surface area (Å²) in [6.07, 6.45) is -1.10. The number of nitrogens with zero attached hydrogens (tertiary/aromatic N) is 3. The van der Waals surface area contributed by atoms with Crippen molar-refractivity contribution in [3.63, 3.8) is 0 Å². The standard InChI is InChI=1S/C30H41N3O5/c1-28(2,3)37-26(35)31-18-19-33(27(36)38-29(4,5)6)30(7,22-31)25(34)32(20-23-14-10-8-11-15-23)21-24-16-12-9-13-17-24/h8-17H,18-22H2,1-7H3. The molecule has 8 nitrogen and oxygen atoms in total. The van der Waals surface area contributed by atoms with E-state index < -0.39 is 28.9 Å². The van der Waals surface area contributed by atoms with Gasteiger partial charge in [-0.15, -0.1) is 0 Å². The van der Waals surface area contributed by atoms with Crippen molar-refractivity contribution in [2.24, 2.45) is 0 Å². The Balaban J connectivity index is 1.99. The predicted octanol–water partition coefficient (Wildman–Crippen LogP) is 5.46. The van der Waals surface area contributed by atoms with Gasteiger partial charge in [0.2, 0.25) is 0 Å². The second-order valence-electron chi connectivity index (χ2n) is 11.9. The fourth-order valence-corrected chi connectivity index (χ4v) is 4.43. The summed E-state index contributed by atoms with van der Waals surface area (Å²) in [6, 6.07) is 19.4. The highest BCUT2D eigenvalue weighted by Crippen LogP contribution is 2.29. The number of benzene rings is 2. The van der Waals surface area contributed by atoms with Gasteiger partial charge in [0, 0.05) is 26.2 Å². The van der Waals surface area contributed by atoms with Crippen LogP contribution in [0.5, 0.6) is 0 Å². The molecule has 1 saturated heterocycles. The Bertz CT molecular complexity index is 1070. The van der Waals surface area contributed by atoms with Crippen molar-refractivity contribution in [1.82, 2.24) is 14.7 Å². The molecule has 1 heterocycles. The van der Waals surface area contributed by atoms with E-state index in [1.54, 1.807) is 53.4 Å². The Morgan fingerprint density at radius 3 is 1.66 bits per heavy atom. The van der Waals surface area contributed by atoms with E-state index in [0.29, 0.717) is 13.1 Å². The maximum absolute atomic E-state index is 14.5. The minimum absolute atomic E-state index is 0.0138. The third-order valence-corrected chi connectivity index (χ3v) is 6.13. The Morgan fingerprint density at radius 1 is 0.763 bits per heavy atom. The van der Waals surface area contributed by atoms with E-state index in [9.17, 15) is 14.4 Å². The van der Waals surface area contributed by atoms with E-state index in [0.717, 1.165) is 11.1 Å². The monoisotopic (exact) mass is 523 g/mol. The maximum Gasteiger partial charge on any atom is 0.411 e. The molecule has 0 radical (unpaired) electrons. The van der Waals surface area contributed by atoms with Gasteiger partial charge in [-0.1, -0.05) is 60.7 Å². The first kappa shape index (κ1) is 29.0. The molecule has 1 atom stereocenters. The number of carbonyl (C=O) groups excluding carboxylic acids is 3. The van der Waals surface area contributed by atoms with Crippen molar-refractivity contribution in [1.29, 1.82) is 0 Å². The zero-order valence-electron chi connectivity index (χ0n) is 23.7. The molecule has 0 saturated carbocycles. The van der Waals surface area contributed by atoms with Gasteiger partial charge >= 0.3 is 12.2 Å². The van der Waals surface area contributed by atoms with Gasteiger partial charge in [-0.05, 0) is 59.6 Å². The van der Waals surface area contributed by atoms with Crippen molar-refractivity contribution < 1.29 is 23.9 Å². The number of rotatable bonds is 5. The summed E-state index contributed by atoms with van der Waals surface area (Å²) in [6.45, 7) is 13.5. The molecular formula is C30H41N3O5. The van der Waals surface area contributed by atoms with Gasteiger partial charge in [-0.2, -0.15) is 0 Å². The first-order chi connectivity index (χ1) is 17.7. The van der Waals surface area contributed by atoms with E-state index in [1.165, 1.54) is 9.80 Å². The van der Waals surface area contributed by atoms with Gasteiger partial charge in [-0.3, -0.25) is 9.69 Å². The molecule has 1 fully saturated rings. The molecule has 2 aromatic carbocycles. The van der Waals surface area contributed by atoms with Gasteiger partial charge < -0.3 is 19.3 Å². The van der Waals surface area contributed by atoms with Gasteiger partial charge in [-0.25, -0.2) is 9.59 Å². The first-order valence-corrected chi connectivity index (χ1v) is 13.0. The van der Waals surface area contributed by atoms with E-state index in [1.807, 2.05) is 60.7 Å². The van der Waals surface area contributed by atoms with Crippen molar-refractivity contribution in [2.45, 2.75) is 78.3 Å². The smallest absolute Gasteiger partial charge is 0.411 e. The van der Waals surface area contributed by atoms with Crippen LogP contribution in [0.15, 0.2) is 60.7 Å². The average Bonchev–Trinajstić information content (AvgIpc) is 2.82. The van der Waals surface area contributed by atoms with Crippen LogP contribution in [0.3, 0.4) is 0 Å². The van der Waals surface area contributed by atoms with E-state index in [-0.39, 0.29) is 25.5 Å². The highest BCUT2D eigenvalue weighted by molar-refractivity contribution is 5.91. The Morgan fingerprint density at radius 2 is 1.21 bits per heavy atom. The lowest BCUT2D eigenvalue weighted by Crippen LogP contribution is -2.69. The maximum atomic E-state index is 14.5. The number of hydrogen-bond acceptors (Lipinski definition) is 5. The van der Waals surface area contributed by atoms with Crippen LogP contribution >= 0.6 is 0 Å². The highest BCUT2D eigenvalue weighted by Gasteiger charge is 2.51. The summed E-state index contributed by atoms with van der Waals surface area (Å²) < 4.78 is 11.3. The van der Waals surface area contributed by atoms with Crippen LogP contribution < -0.4 is 0 Å². The minimum Gasteiger partial charge on any atom is -0.444 e. The van der Waals surface area contributed by atoms with Gasteiger partial charge in [0.05, 0.1) is 6.54 Å². The van der Waals surface area contributed by atoms with Crippen molar-refractivity contribution >= 4 is 18.1 Å². The van der Waals surface area contributed by atoms with E-state index in [4.69, 9.17) is 9.47 Å². The summed E-state index contributed by atoms with van der Waals surface area (Å²) >= 11 is 0. The predicted molar refractivity (Wildman–Crippen MR) is 146 cm³/mol. The SMILES string of the molecule is CC(C)(C)OC(=O)N1CCN(C(=O)OC(C)(C)C)C(C)(C(=O)N(Cc2ccccc2)Cc2ccccc2)C1. The summed E-state index contributed by atoms with van der Waals surface area (Å²) in [7, 11) is 0. The minimum atomic E-state index is -1.37. The molecule has 1 aliphatic rings. The van der Waals surface area contributed by atoms with Crippen molar-refractivity contribution in [3.05, 3.63) is 71.8 Å². The summed E-state index contributed by atoms with van der Waals surface area (Å²) in [5.41, 5.74) is -0.877. The van der Waals surface area contributed by atoms with Crippen LogP contribution in [-0.4, -0.2) is 69.2 Å². The summed E-state index contributed by atoms with van der Waals surface area (Å²) in [4.78, 5) is 45.6. The summed E-state index contributed by atoms with van der Waals surface area (Å²) in [5, 5.41) is 0. The lowest BCUT2D eigenvalue weighted by Gasteiger charge is -2.49. The Hall–Kier alpha value is -3.55. The van der Waals surface area contributed by atoms with Gasteiger partial charge in [0.15, 0.2) is 0 Å². The Labute approximate surface area is 226 Å². The molecule has 3 rings (SSSR count). The van der Waals surface area contributed by atoms with E-state index in [2.05, 4.69) is 0 Å². The molecule has 3 amide bonds. The molecule has 0 N–H and O–H groups in total. The number of hydrogen-bond donors (Lipinski definition) is 0. The molecule has 8 heteroatoms. The number of piperazine rings is 1. The van der Waals surface area contributed by atoms with Gasteiger partial charge in [0.25, 0.3) is 5.91 Å². The van der Waals surface area contributed by atoms with Crippen LogP contribution in [0, 0.1) is 0 Å². The lowest BCUT2D eigenvalue weighted by atomic mass is 9.93. The topological polar surface area (TPSA) is 79.4 Å². The fourth-order valence-electron chi connectivity index (χ4n) is 4.43. The largest absolute Gasteiger partial charge is 0.444 e. The normalized spacial score (nSPS) is 18.1. The zero-order chi connectivity index (χ0) is 28.1. The number of amides is 3.